The Morgan fingerprint density at radius 2 is 1.50 bits per heavy atom. The molecule has 0 spiro atoms. The van der Waals surface area contributed by atoms with Crippen LogP contribution in [-0.4, -0.2) is 72.0 Å². The van der Waals surface area contributed by atoms with Gasteiger partial charge >= 0.3 is 11.9 Å². The standard InChI is InChI=1S/C20H23FN2O3.C2H2O4/c1-24-18-10-16(11-19-20(18)26-14-25-19)13-23-8-6-22(7-9-23)12-15-2-4-17(21)5-3-15;3-1(4)2(5)6/h2-5,10-11H,6-9,12-14H2,1H3;(H,3,4)(H,5,6). The van der Waals surface area contributed by atoms with E-state index in [2.05, 4.69) is 9.80 Å². The molecule has 0 atom stereocenters. The van der Waals surface area contributed by atoms with Gasteiger partial charge in [-0.05, 0) is 35.4 Å². The van der Waals surface area contributed by atoms with Crippen LogP contribution < -0.4 is 14.2 Å². The van der Waals surface area contributed by atoms with E-state index in [0.29, 0.717) is 5.75 Å². The second-order valence-corrected chi connectivity index (χ2v) is 7.32. The van der Waals surface area contributed by atoms with E-state index >= 15 is 0 Å². The second kappa shape index (κ2) is 10.8. The number of carboxylic acid groups (broad SMARTS) is 2. The van der Waals surface area contributed by atoms with Crippen LogP contribution in [0.2, 0.25) is 0 Å². The molecule has 2 aliphatic heterocycles. The van der Waals surface area contributed by atoms with Gasteiger partial charge < -0.3 is 24.4 Å². The summed E-state index contributed by atoms with van der Waals surface area (Å²) in [6.45, 7) is 5.97. The van der Waals surface area contributed by atoms with Gasteiger partial charge in [0.15, 0.2) is 11.5 Å². The van der Waals surface area contributed by atoms with Crippen LogP contribution in [0.3, 0.4) is 0 Å². The number of halogens is 1. The zero-order valence-corrected chi connectivity index (χ0v) is 17.6. The van der Waals surface area contributed by atoms with E-state index in [1.165, 1.54) is 12.1 Å². The first-order valence-electron chi connectivity index (χ1n) is 9.97. The van der Waals surface area contributed by atoms with Gasteiger partial charge in [-0.15, -0.1) is 0 Å². The van der Waals surface area contributed by atoms with Gasteiger partial charge in [0.1, 0.15) is 5.82 Å². The van der Waals surface area contributed by atoms with Crippen molar-refractivity contribution in [3.8, 4) is 17.2 Å². The highest BCUT2D eigenvalue weighted by Gasteiger charge is 2.22. The molecule has 10 heteroatoms. The molecular formula is C22H25FN2O7. The molecule has 0 saturated carbocycles. The van der Waals surface area contributed by atoms with Crippen LogP contribution in [0.25, 0.3) is 0 Å². The third-order valence-corrected chi connectivity index (χ3v) is 5.09. The van der Waals surface area contributed by atoms with Gasteiger partial charge in [-0.1, -0.05) is 12.1 Å². The molecule has 0 aliphatic carbocycles. The lowest BCUT2D eigenvalue weighted by atomic mass is 10.1. The molecule has 0 bridgehead atoms. The molecule has 32 heavy (non-hydrogen) atoms. The summed E-state index contributed by atoms with van der Waals surface area (Å²) in [5.74, 6) is -1.65. The molecule has 2 aromatic rings. The molecule has 0 radical (unpaired) electrons. The van der Waals surface area contributed by atoms with Gasteiger partial charge in [-0.3, -0.25) is 9.80 Å². The fourth-order valence-corrected chi connectivity index (χ4v) is 3.49. The van der Waals surface area contributed by atoms with Gasteiger partial charge in [0.25, 0.3) is 0 Å². The van der Waals surface area contributed by atoms with Crippen molar-refractivity contribution in [2.24, 2.45) is 0 Å². The molecule has 9 nitrogen and oxygen atoms in total. The molecule has 0 amide bonds. The van der Waals surface area contributed by atoms with Crippen molar-refractivity contribution < 1.29 is 38.4 Å². The smallest absolute Gasteiger partial charge is 0.414 e. The van der Waals surface area contributed by atoms with Crippen LogP contribution in [0, 0.1) is 5.82 Å². The number of aliphatic carboxylic acids is 2. The fourth-order valence-electron chi connectivity index (χ4n) is 3.49. The molecule has 2 N–H and O–H groups in total. The number of methoxy groups -OCH3 is 1. The van der Waals surface area contributed by atoms with Gasteiger partial charge in [-0.25, -0.2) is 14.0 Å². The van der Waals surface area contributed by atoms with E-state index < -0.39 is 11.9 Å². The number of fused-ring (bicyclic) bond motifs is 1. The SMILES string of the molecule is COc1cc(CN2CCN(Cc3ccc(F)cc3)CC2)cc2c1OCO2.O=C(O)C(=O)O. The van der Waals surface area contributed by atoms with Gasteiger partial charge in [0.05, 0.1) is 7.11 Å². The predicted octanol–water partition coefficient (Wildman–Crippen LogP) is 2.04. The number of carbonyl (C=O) groups is 2. The minimum Gasteiger partial charge on any atom is -0.493 e. The lowest BCUT2D eigenvalue weighted by Crippen LogP contribution is -2.45. The summed E-state index contributed by atoms with van der Waals surface area (Å²) in [6.07, 6.45) is 0. The largest absolute Gasteiger partial charge is 0.493 e. The van der Waals surface area contributed by atoms with E-state index in [1.807, 2.05) is 24.3 Å². The highest BCUT2D eigenvalue weighted by molar-refractivity contribution is 6.27. The molecular weight excluding hydrogens is 423 g/mol. The summed E-state index contributed by atoms with van der Waals surface area (Å²) in [5.41, 5.74) is 2.32. The maximum atomic E-state index is 13.0. The highest BCUT2D eigenvalue weighted by atomic mass is 19.1. The van der Waals surface area contributed by atoms with Crippen LogP contribution in [0.4, 0.5) is 4.39 Å². The van der Waals surface area contributed by atoms with E-state index in [-0.39, 0.29) is 12.6 Å². The van der Waals surface area contributed by atoms with Crippen LogP contribution in [0.15, 0.2) is 36.4 Å². The monoisotopic (exact) mass is 448 g/mol. The number of piperazine rings is 1. The zero-order valence-electron chi connectivity index (χ0n) is 17.6. The first kappa shape index (κ1) is 23.3. The second-order valence-electron chi connectivity index (χ2n) is 7.32. The first-order chi connectivity index (χ1) is 15.4. The maximum Gasteiger partial charge on any atom is 0.414 e. The average Bonchev–Trinajstić information content (AvgIpc) is 3.25. The van der Waals surface area contributed by atoms with Crippen molar-refractivity contribution >= 4 is 11.9 Å². The fraction of sp³-hybridized carbons (Fsp3) is 0.364. The Labute approximate surface area is 184 Å². The van der Waals surface area contributed by atoms with Crippen molar-refractivity contribution in [1.29, 1.82) is 0 Å². The predicted molar refractivity (Wildman–Crippen MR) is 111 cm³/mol. The molecule has 1 fully saturated rings. The van der Waals surface area contributed by atoms with Gasteiger partial charge in [0, 0.05) is 39.3 Å². The summed E-state index contributed by atoms with van der Waals surface area (Å²) < 4.78 is 29.4. The average molecular weight is 448 g/mol. The number of hydrogen-bond donors (Lipinski definition) is 2. The van der Waals surface area contributed by atoms with E-state index in [4.69, 9.17) is 34.0 Å². The molecule has 1 saturated heterocycles. The third-order valence-electron chi connectivity index (χ3n) is 5.09. The normalized spacial score (nSPS) is 15.6. The highest BCUT2D eigenvalue weighted by Crippen LogP contribution is 2.42. The summed E-state index contributed by atoms with van der Waals surface area (Å²) in [7, 11) is 1.65. The summed E-state index contributed by atoms with van der Waals surface area (Å²) in [4.78, 5) is 23.0. The Balaban J connectivity index is 0.000000427. The first-order valence-corrected chi connectivity index (χ1v) is 9.97. The molecule has 2 aliphatic rings. The molecule has 4 rings (SSSR count). The van der Waals surface area contributed by atoms with Crippen molar-refractivity contribution in [1.82, 2.24) is 9.80 Å². The molecule has 0 unspecified atom stereocenters. The van der Waals surface area contributed by atoms with E-state index in [0.717, 1.165) is 61.9 Å². The minimum absolute atomic E-state index is 0.183. The number of benzene rings is 2. The maximum absolute atomic E-state index is 13.0. The van der Waals surface area contributed by atoms with Crippen LogP contribution in [-0.2, 0) is 22.7 Å². The van der Waals surface area contributed by atoms with Crippen LogP contribution in [0.5, 0.6) is 17.2 Å². The summed E-state index contributed by atoms with van der Waals surface area (Å²) in [5, 5.41) is 14.8. The Kier molecular flexibility index (Phi) is 7.85. The molecule has 0 aromatic heterocycles. The van der Waals surface area contributed by atoms with Crippen LogP contribution >= 0.6 is 0 Å². The lowest BCUT2D eigenvalue weighted by molar-refractivity contribution is -0.159. The topological polar surface area (TPSA) is 109 Å². The van der Waals surface area contributed by atoms with Crippen LogP contribution in [0.1, 0.15) is 11.1 Å². The quantitative estimate of drug-likeness (QED) is 0.664. The van der Waals surface area contributed by atoms with Crippen molar-refractivity contribution in [2.75, 3.05) is 40.1 Å². The summed E-state index contributed by atoms with van der Waals surface area (Å²) in [6, 6.07) is 10.8. The van der Waals surface area contributed by atoms with Crippen molar-refractivity contribution in [3.05, 3.63) is 53.3 Å². The molecule has 172 valence electrons. The van der Waals surface area contributed by atoms with Crippen molar-refractivity contribution in [3.63, 3.8) is 0 Å². The zero-order chi connectivity index (χ0) is 23.1. The molecule has 2 heterocycles. The van der Waals surface area contributed by atoms with E-state index in [1.54, 1.807) is 7.11 Å². The Hall–Kier alpha value is -3.37. The number of ether oxygens (including phenoxy) is 3. The van der Waals surface area contributed by atoms with Gasteiger partial charge in [-0.2, -0.15) is 0 Å². The third kappa shape index (κ3) is 6.32. The number of rotatable bonds is 5. The summed E-state index contributed by atoms with van der Waals surface area (Å²) >= 11 is 0. The lowest BCUT2D eigenvalue weighted by Gasteiger charge is -2.34. The Morgan fingerprint density at radius 1 is 0.938 bits per heavy atom. The number of nitrogens with zero attached hydrogens (tertiary/aromatic N) is 2. The molecule has 2 aromatic carbocycles. The number of hydrogen-bond acceptors (Lipinski definition) is 7. The van der Waals surface area contributed by atoms with E-state index in [9.17, 15) is 4.39 Å². The minimum atomic E-state index is -1.82. The number of carboxylic acids is 2. The Bertz CT molecular complexity index is 932. The Morgan fingerprint density at radius 3 is 2.03 bits per heavy atom. The van der Waals surface area contributed by atoms with Gasteiger partial charge in [0.2, 0.25) is 12.5 Å². The van der Waals surface area contributed by atoms with Crippen molar-refractivity contribution in [2.45, 2.75) is 13.1 Å².